The predicted molar refractivity (Wildman–Crippen MR) is 71.8 cm³/mol. The zero-order chi connectivity index (χ0) is 12.1. The van der Waals surface area contributed by atoms with Crippen LogP contribution in [0.15, 0.2) is 24.3 Å². The Balaban J connectivity index is 2.01. The van der Waals surface area contributed by atoms with Crippen LogP contribution in [0.1, 0.15) is 31.2 Å². The van der Waals surface area contributed by atoms with Crippen molar-refractivity contribution < 1.29 is 4.74 Å². The van der Waals surface area contributed by atoms with E-state index in [9.17, 15) is 0 Å². The zero-order valence-electron chi connectivity index (χ0n) is 10.3. The molecule has 0 unspecified atom stereocenters. The van der Waals surface area contributed by atoms with Crippen LogP contribution in [-0.2, 0) is 6.54 Å². The molecule has 0 aromatic heterocycles. The quantitative estimate of drug-likeness (QED) is 0.813. The van der Waals surface area contributed by atoms with Crippen molar-refractivity contribution in [2.45, 2.75) is 37.8 Å². The number of hydrogen-bond donors (Lipinski definition) is 1. The Hall–Kier alpha value is -0.730. The summed E-state index contributed by atoms with van der Waals surface area (Å²) in [7, 11) is 1.71. The van der Waals surface area contributed by atoms with Gasteiger partial charge in [-0.1, -0.05) is 31.0 Å². The number of para-hydroxylation sites is 1. The van der Waals surface area contributed by atoms with Gasteiger partial charge >= 0.3 is 0 Å². The number of rotatable bonds is 5. The van der Waals surface area contributed by atoms with Crippen LogP contribution in [0.4, 0.5) is 0 Å². The van der Waals surface area contributed by atoms with Crippen molar-refractivity contribution in [2.24, 2.45) is 0 Å². The molecular formula is C14H20ClNO. The molecule has 0 heterocycles. The van der Waals surface area contributed by atoms with E-state index in [1.807, 2.05) is 18.2 Å². The first-order chi connectivity index (χ1) is 8.29. The van der Waals surface area contributed by atoms with Gasteiger partial charge in [-0.25, -0.2) is 0 Å². The number of alkyl halides is 1. The van der Waals surface area contributed by atoms with E-state index in [2.05, 4.69) is 11.4 Å². The Morgan fingerprint density at radius 3 is 2.65 bits per heavy atom. The molecule has 0 amide bonds. The third-order valence-corrected chi connectivity index (χ3v) is 4.17. The summed E-state index contributed by atoms with van der Waals surface area (Å²) in [4.78, 5) is 0. The van der Waals surface area contributed by atoms with E-state index in [1.54, 1.807) is 7.11 Å². The molecule has 1 fully saturated rings. The van der Waals surface area contributed by atoms with E-state index >= 15 is 0 Å². The molecule has 1 saturated carbocycles. The first kappa shape index (κ1) is 12.7. The summed E-state index contributed by atoms with van der Waals surface area (Å²) in [6.45, 7) is 0.830. The lowest BCUT2D eigenvalue weighted by Gasteiger charge is -2.28. The fourth-order valence-electron chi connectivity index (χ4n) is 2.54. The van der Waals surface area contributed by atoms with Gasteiger partial charge in [-0.05, 0) is 18.9 Å². The van der Waals surface area contributed by atoms with Crippen molar-refractivity contribution in [3.63, 3.8) is 0 Å². The van der Waals surface area contributed by atoms with Gasteiger partial charge in [0.05, 0.1) is 7.11 Å². The van der Waals surface area contributed by atoms with Crippen molar-refractivity contribution in [2.75, 3.05) is 13.0 Å². The number of halogens is 1. The molecule has 0 bridgehead atoms. The second kappa shape index (κ2) is 5.74. The van der Waals surface area contributed by atoms with Crippen LogP contribution < -0.4 is 10.1 Å². The lowest BCUT2D eigenvalue weighted by atomic mass is 10.00. The molecule has 1 aromatic carbocycles. The van der Waals surface area contributed by atoms with Gasteiger partial charge in [-0.15, -0.1) is 11.6 Å². The van der Waals surface area contributed by atoms with E-state index < -0.39 is 0 Å². The van der Waals surface area contributed by atoms with Crippen molar-refractivity contribution in [1.82, 2.24) is 5.32 Å². The molecule has 0 atom stereocenters. The molecule has 17 heavy (non-hydrogen) atoms. The molecule has 1 aliphatic rings. The number of benzene rings is 1. The van der Waals surface area contributed by atoms with Gasteiger partial charge < -0.3 is 10.1 Å². The van der Waals surface area contributed by atoms with Crippen LogP contribution in [0.3, 0.4) is 0 Å². The largest absolute Gasteiger partial charge is 0.496 e. The highest BCUT2D eigenvalue weighted by Crippen LogP contribution is 2.31. The Morgan fingerprint density at radius 1 is 1.29 bits per heavy atom. The van der Waals surface area contributed by atoms with Crippen LogP contribution in [-0.4, -0.2) is 18.5 Å². The summed E-state index contributed by atoms with van der Waals surface area (Å²) >= 11 is 6.11. The SMILES string of the molecule is COc1ccccc1CNC1(CCl)CCCC1. The highest BCUT2D eigenvalue weighted by molar-refractivity contribution is 6.18. The molecule has 0 aliphatic heterocycles. The molecule has 1 aliphatic carbocycles. The average Bonchev–Trinajstić information content (AvgIpc) is 2.86. The predicted octanol–water partition coefficient (Wildman–Crippen LogP) is 3.34. The van der Waals surface area contributed by atoms with E-state index in [-0.39, 0.29) is 5.54 Å². The zero-order valence-corrected chi connectivity index (χ0v) is 11.1. The molecule has 1 aromatic rings. The summed E-state index contributed by atoms with van der Waals surface area (Å²) in [5.74, 6) is 1.64. The standard InChI is InChI=1S/C14H20ClNO/c1-17-13-7-3-2-6-12(13)10-16-14(11-15)8-4-5-9-14/h2-3,6-7,16H,4-5,8-11H2,1H3. The molecule has 94 valence electrons. The third kappa shape index (κ3) is 2.93. The molecular weight excluding hydrogens is 234 g/mol. The molecule has 2 rings (SSSR count). The van der Waals surface area contributed by atoms with Crippen LogP contribution in [0.5, 0.6) is 5.75 Å². The van der Waals surface area contributed by atoms with Crippen LogP contribution in [0.25, 0.3) is 0 Å². The monoisotopic (exact) mass is 253 g/mol. The van der Waals surface area contributed by atoms with Gasteiger partial charge in [0.2, 0.25) is 0 Å². The van der Waals surface area contributed by atoms with E-state index in [1.165, 1.54) is 31.2 Å². The molecule has 2 nitrogen and oxygen atoms in total. The van der Waals surface area contributed by atoms with Gasteiger partial charge in [0, 0.05) is 23.5 Å². The highest BCUT2D eigenvalue weighted by atomic mass is 35.5. The first-order valence-corrected chi connectivity index (χ1v) is 6.76. The minimum atomic E-state index is 0.141. The first-order valence-electron chi connectivity index (χ1n) is 6.22. The second-order valence-corrected chi connectivity index (χ2v) is 5.05. The average molecular weight is 254 g/mol. The van der Waals surface area contributed by atoms with Crippen LogP contribution in [0, 0.1) is 0 Å². The molecule has 0 spiro atoms. The van der Waals surface area contributed by atoms with Gasteiger partial charge in [0.1, 0.15) is 5.75 Å². The summed E-state index contributed by atoms with van der Waals surface area (Å²) in [5.41, 5.74) is 1.34. The smallest absolute Gasteiger partial charge is 0.123 e. The van der Waals surface area contributed by atoms with Crippen molar-refractivity contribution in [3.05, 3.63) is 29.8 Å². The lowest BCUT2D eigenvalue weighted by Crippen LogP contribution is -2.43. The van der Waals surface area contributed by atoms with Crippen LogP contribution >= 0.6 is 11.6 Å². The highest BCUT2D eigenvalue weighted by Gasteiger charge is 2.32. The molecule has 1 N–H and O–H groups in total. The van der Waals surface area contributed by atoms with E-state index in [4.69, 9.17) is 16.3 Å². The lowest BCUT2D eigenvalue weighted by molar-refractivity contribution is 0.359. The Kier molecular flexibility index (Phi) is 4.30. The summed E-state index contributed by atoms with van der Waals surface area (Å²) in [5, 5.41) is 3.62. The Morgan fingerprint density at radius 2 is 2.00 bits per heavy atom. The fraction of sp³-hybridized carbons (Fsp3) is 0.571. The number of nitrogens with one attached hydrogen (secondary N) is 1. The van der Waals surface area contributed by atoms with Gasteiger partial charge in [0.15, 0.2) is 0 Å². The molecule has 0 saturated heterocycles. The molecule has 3 heteroatoms. The summed E-state index contributed by atoms with van der Waals surface area (Å²) < 4.78 is 5.35. The normalized spacial score (nSPS) is 18.2. The summed E-state index contributed by atoms with van der Waals surface area (Å²) in [6, 6.07) is 8.14. The minimum Gasteiger partial charge on any atom is -0.496 e. The van der Waals surface area contributed by atoms with E-state index in [0.717, 1.165) is 12.3 Å². The maximum absolute atomic E-state index is 6.11. The number of ether oxygens (including phenoxy) is 1. The Labute approximate surface area is 108 Å². The second-order valence-electron chi connectivity index (χ2n) is 4.79. The summed E-state index contributed by atoms with van der Waals surface area (Å²) in [6.07, 6.45) is 4.94. The van der Waals surface area contributed by atoms with Gasteiger partial charge in [-0.2, -0.15) is 0 Å². The molecule has 0 radical (unpaired) electrons. The fourth-order valence-corrected chi connectivity index (χ4v) is 2.90. The maximum Gasteiger partial charge on any atom is 0.123 e. The van der Waals surface area contributed by atoms with Crippen LogP contribution in [0.2, 0.25) is 0 Å². The van der Waals surface area contributed by atoms with Gasteiger partial charge in [0.25, 0.3) is 0 Å². The van der Waals surface area contributed by atoms with Gasteiger partial charge in [-0.3, -0.25) is 0 Å². The van der Waals surface area contributed by atoms with Crippen molar-refractivity contribution in [3.8, 4) is 5.75 Å². The Bertz CT molecular complexity index is 361. The van der Waals surface area contributed by atoms with E-state index in [0.29, 0.717) is 5.88 Å². The van der Waals surface area contributed by atoms with Crippen molar-refractivity contribution >= 4 is 11.6 Å². The number of hydrogen-bond acceptors (Lipinski definition) is 2. The topological polar surface area (TPSA) is 21.3 Å². The third-order valence-electron chi connectivity index (χ3n) is 3.66. The van der Waals surface area contributed by atoms with Crippen molar-refractivity contribution in [1.29, 1.82) is 0 Å². The minimum absolute atomic E-state index is 0.141. The number of methoxy groups -OCH3 is 1. The maximum atomic E-state index is 6.11.